The molecule has 8 nitrogen and oxygen atoms in total. The van der Waals surface area contributed by atoms with Crippen molar-refractivity contribution in [3.05, 3.63) is 66.2 Å². The second kappa shape index (κ2) is 8.24. The van der Waals surface area contributed by atoms with Gasteiger partial charge in [-0.2, -0.15) is 5.10 Å². The van der Waals surface area contributed by atoms with E-state index in [4.69, 9.17) is 16.0 Å². The van der Waals surface area contributed by atoms with Crippen molar-refractivity contribution in [2.75, 3.05) is 11.1 Å². The smallest absolute Gasteiger partial charge is 0.277 e. The average Bonchev–Trinajstić information content (AvgIpc) is 3.39. The van der Waals surface area contributed by atoms with Crippen molar-refractivity contribution in [2.45, 2.75) is 5.22 Å². The topological polar surface area (TPSA) is 98.7 Å². The van der Waals surface area contributed by atoms with Crippen LogP contribution in [0.15, 0.2) is 70.8 Å². The first-order valence-electron chi connectivity index (χ1n) is 8.15. The molecule has 0 bridgehead atoms. The second-order valence-corrected chi connectivity index (χ2v) is 6.94. The molecule has 0 radical (unpaired) electrons. The number of halogens is 1. The number of carbonyl (C=O) groups is 1. The Morgan fingerprint density at radius 3 is 2.82 bits per heavy atom. The van der Waals surface area contributed by atoms with Gasteiger partial charge in [-0.3, -0.25) is 4.79 Å². The van der Waals surface area contributed by atoms with Gasteiger partial charge in [-0.15, -0.1) is 10.2 Å². The minimum atomic E-state index is -0.243. The van der Waals surface area contributed by atoms with E-state index in [1.54, 1.807) is 22.9 Å². The number of hydrogen-bond acceptors (Lipinski definition) is 7. The molecule has 1 amide bonds. The standard InChI is InChI=1S/C18H13ClN6O2S/c19-13-6-7-15(25-11-20-10-21-25)14(8-13)22-16(26)9-28-18-24-23-17(27-18)12-4-2-1-3-5-12/h1-8,10-11H,9H2,(H,22,26). The van der Waals surface area contributed by atoms with Crippen LogP contribution in [0.2, 0.25) is 5.02 Å². The number of rotatable bonds is 6. The van der Waals surface area contributed by atoms with Gasteiger partial charge in [0, 0.05) is 10.6 Å². The maximum atomic E-state index is 12.4. The van der Waals surface area contributed by atoms with Crippen LogP contribution < -0.4 is 5.32 Å². The van der Waals surface area contributed by atoms with Gasteiger partial charge in [-0.1, -0.05) is 41.6 Å². The Bertz CT molecular complexity index is 1080. The molecule has 2 heterocycles. The van der Waals surface area contributed by atoms with E-state index in [1.165, 1.54) is 12.7 Å². The van der Waals surface area contributed by atoms with Crippen molar-refractivity contribution in [2.24, 2.45) is 0 Å². The molecule has 0 spiro atoms. The summed E-state index contributed by atoms with van der Waals surface area (Å²) in [5.74, 6) is 0.264. The molecule has 140 valence electrons. The molecule has 4 rings (SSSR count). The number of carbonyl (C=O) groups excluding carboxylic acids is 1. The summed E-state index contributed by atoms with van der Waals surface area (Å²) in [5, 5.41) is 15.7. The van der Waals surface area contributed by atoms with Gasteiger partial charge in [0.2, 0.25) is 11.8 Å². The van der Waals surface area contributed by atoms with Crippen LogP contribution in [0.25, 0.3) is 17.1 Å². The van der Waals surface area contributed by atoms with Crippen LogP contribution in [-0.2, 0) is 4.79 Å². The van der Waals surface area contributed by atoms with Gasteiger partial charge < -0.3 is 9.73 Å². The van der Waals surface area contributed by atoms with Gasteiger partial charge >= 0.3 is 0 Å². The summed E-state index contributed by atoms with van der Waals surface area (Å²) in [7, 11) is 0. The number of thioether (sulfide) groups is 1. The highest BCUT2D eigenvalue weighted by Crippen LogP contribution is 2.26. The summed E-state index contributed by atoms with van der Waals surface area (Å²) < 4.78 is 7.13. The molecule has 1 N–H and O–H groups in total. The number of nitrogens with one attached hydrogen (secondary N) is 1. The molecule has 0 saturated carbocycles. The van der Waals surface area contributed by atoms with Crippen LogP contribution >= 0.6 is 23.4 Å². The van der Waals surface area contributed by atoms with Gasteiger partial charge in [0.25, 0.3) is 5.22 Å². The minimum Gasteiger partial charge on any atom is -0.411 e. The van der Waals surface area contributed by atoms with Crippen molar-refractivity contribution >= 4 is 35.0 Å². The van der Waals surface area contributed by atoms with E-state index in [0.717, 1.165) is 17.3 Å². The second-order valence-electron chi connectivity index (χ2n) is 5.58. The Balaban J connectivity index is 1.42. The van der Waals surface area contributed by atoms with Gasteiger partial charge in [0.15, 0.2) is 0 Å². The Kier molecular flexibility index (Phi) is 5.36. The molecular weight excluding hydrogens is 400 g/mol. The lowest BCUT2D eigenvalue weighted by atomic mass is 10.2. The largest absolute Gasteiger partial charge is 0.411 e. The number of benzene rings is 2. The van der Waals surface area contributed by atoms with Crippen molar-refractivity contribution in [1.82, 2.24) is 25.0 Å². The zero-order chi connectivity index (χ0) is 19.3. The zero-order valence-electron chi connectivity index (χ0n) is 14.3. The summed E-state index contributed by atoms with van der Waals surface area (Å²) in [6.07, 6.45) is 2.95. The summed E-state index contributed by atoms with van der Waals surface area (Å²) in [5.41, 5.74) is 2.01. The molecule has 4 aromatic rings. The molecular formula is C18H13ClN6O2S. The molecule has 10 heteroatoms. The summed E-state index contributed by atoms with van der Waals surface area (Å²) in [6.45, 7) is 0. The fourth-order valence-electron chi connectivity index (χ4n) is 2.42. The Labute approximate surface area is 168 Å². The third-order valence-electron chi connectivity index (χ3n) is 3.65. The third-order valence-corrected chi connectivity index (χ3v) is 4.71. The lowest BCUT2D eigenvalue weighted by Crippen LogP contribution is -2.16. The third kappa shape index (κ3) is 4.21. The lowest BCUT2D eigenvalue weighted by molar-refractivity contribution is -0.113. The van der Waals surface area contributed by atoms with E-state index >= 15 is 0 Å². The molecule has 0 saturated heterocycles. The molecule has 0 unspecified atom stereocenters. The van der Waals surface area contributed by atoms with E-state index in [9.17, 15) is 4.79 Å². The fraction of sp³-hybridized carbons (Fsp3) is 0.0556. The molecule has 0 atom stereocenters. The highest BCUT2D eigenvalue weighted by atomic mass is 35.5. The number of aromatic nitrogens is 5. The normalized spacial score (nSPS) is 10.8. The van der Waals surface area contributed by atoms with E-state index in [-0.39, 0.29) is 11.7 Å². The predicted molar refractivity (Wildman–Crippen MR) is 105 cm³/mol. The number of hydrogen-bond donors (Lipinski definition) is 1. The minimum absolute atomic E-state index is 0.0970. The van der Waals surface area contributed by atoms with Gasteiger partial charge in [0.05, 0.1) is 17.1 Å². The van der Waals surface area contributed by atoms with Crippen LogP contribution in [0.4, 0.5) is 5.69 Å². The highest BCUT2D eigenvalue weighted by Gasteiger charge is 2.13. The van der Waals surface area contributed by atoms with Crippen molar-refractivity contribution in [3.63, 3.8) is 0 Å². The van der Waals surface area contributed by atoms with Crippen molar-refractivity contribution in [3.8, 4) is 17.1 Å². The summed E-state index contributed by atoms with van der Waals surface area (Å²) in [6, 6.07) is 14.6. The first-order chi connectivity index (χ1) is 13.7. The van der Waals surface area contributed by atoms with Crippen LogP contribution in [0.1, 0.15) is 0 Å². The number of nitrogens with zero attached hydrogens (tertiary/aromatic N) is 5. The van der Waals surface area contributed by atoms with E-state index in [1.807, 2.05) is 30.3 Å². The number of amides is 1. The van der Waals surface area contributed by atoms with E-state index in [0.29, 0.717) is 27.5 Å². The molecule has 0 aliphatic heterocycles. The van der Waals surface area contributed by atoms with Crippen LogP contribution in [0.5, 0.6) is 0 Å². The fourth-order valence-corrected chi connectivity index (χ4v) is 3.16. The quantitative estimate of drug-likeness (QED) is 0.482. The molecule has 2 aromatic carbocycles. The van der Waals surface area contributed by atoms with E-state index < -0.39 is 0 Å². The Morgan fingerprint density at radius 2 is 2.04 bits per heavy atom. The Morgan fingerprint density at radius 1 is 1.18 bits per heavy atom. The van der Waals surface area contributed by atoms with Crippen LogP contribution in [0.3, 0.4) is 0 Å². The maximum Gasteiger partial charge on any atom is 0.277 e. The lowest BCUT2D eigenvalue weighted by Gasteiger charge is -2.10. The molecule has 28 heavy (non-hydrogen) atoms. The molecule has 0 fully saturated rings. The highest BCUT2D eigenvalue weighted by molar-refractivity contribution is 7.99. The SMILES string of the molecule is O=C(CSc1nnc(-c2ccccc2)o1)Nc1cc(Cl)ccc1-n1cncn1. The van der Waals surface area contributed by atoms with Crippen LogP contribution in [-0.4, -0.2) is 36.6 Å². The van der Waals surface area contributed by atoms with Crippen molar-refractivity contribution < 1.29 is 9.21 Å². The van der Waals surface area contributed by atoms with Gasteiger partial charge in [-0.25, -0.2) is 9.67 Å². The zero-order valence-corrected chi connectivity index (χ0v) is 15.9. The maximum absolute atomic E-state index is 12.4. The summed E-state index contributed by atoms with van der Waals surface area (Å²) in [4.78, 5) is 16.3. The number of anilines is 1. The first-order valence-corrected chi connectivity index (χ1v) is 9.51. The Hall–Kier alpha value is -3.17. The van der Waals surface area contributed by atoms with Gasteiger partial charge in [-0.05, 0) is 30.3 Å². The molecule has 2 aromatic heterocycles. The molecule has 0 aliphatic carbocycles. The van der Waals surface area contributed by atoms with E-state index in [2.05, 4.69) is 25.6 Å². The first kappa shape index (κ1) is 18.2. The van der Waals surface area contributed by atoms with Crippen molar-refractivity contribution in [1.29, 1.82) is 0 Å². The summed E-state index contributed by atoms with van der Waals surface area (Å²) >= 11 is 7.21. The van der Waals surface area contributed by atoms with Crippen LogP contribution in [0, 0.1) is 0 Å². The molecule has 0 aliphatic rings. The predicted octanol–water partition coefficient (Wildman–Crippen LogP) is 3.70. The average molecular weight is 413 g/mol. The van der Waals surface area contributed by atoms with Gasteiger partial charge in [0.1, 0.15) is 12.7 Å². The monoisotopic (exact) mass is 412 g/mol.